The maximum absolute atomic E-state index is 9.20. The summed E-state index contributed by atoms with van der Waals surface area (Å²) < 4.78 is 16.5. The third-order valence-corrected chi connectivity index (χ3v) is 2.44. The van der Waals surface area contributed by atoms with Gasteiger partial charge >= 0.3 is 0 Å². The fourth-order valence-corrected chi connectivity index (χ4v) is 1.86. The minimum atomic E-state index is -0.650. The molecule has 2 rings (SSSR count). The highest BCUT2D eigenvalue weighted by Crippen LogP contribution is 2.38. The number of ether oxygens (including phenoxy) is 2. The van der Waals surface area contributed by atoms with Crippen molar-refractivity contribution in [2.24, 2.45) is 0 Å². The lowest BCUT2D eigenvalue weighted by Gasteiger charge is -2.16. The normalized spacial score (nSPS) is 29.6. The zero-order valence-electron chi connectivity index (χ0n) is 9.19. The largest absolute Gasteiger partial charge is 0.469 e. The van der Waals surface area contributed by atoms with Crippen molar-refractivity contribution in [3.8, 4) is 0 Å². The number of aryl methyl sites for hydroxylation is 1. The molecule has 84 valence electrons. The lowest BCUT2D eigenvalue weighted by Crippen LogP contribution is -2.23. The van der Waals surface area contributed by atoms with E-state index in [2.05, 4.69) is 0 Å². The highest BCUT2D eigenvalue weighted by atomic mass is 16.8. The molecule has 0 spiro atoms. The molecule has 0 saturated carbocycles. The monoisotopic (exact) mass is 212 g/mol. The minimum absolute atomic E-state index is 0.0572. The standard InChI is InChI=1S/C11H16O4/c1-7-4-8(6-13-7)10-9(5-12)14-11(2,3)15-10/h4,6,9-10,12H,5H2,1-3H3/t9-,10-/m1/s1. The van der Waals surface area contributed by atoms with Gasteiger partial charge in [-0.1, -0.05) is 0 Å². The van der Waals surface area contributed by atoms with E-state index in [0.717, 1.165) is 11.3 Å². The summed E-state index contributed by atoms with van der Waals surface area (Å²) in [6.07, 6.45) is 1.08. The maximum atomic E-state index is 9.20. The number of aliphatic hydroxyl groups is 1. The first-order valence-electron chi connectivity index (χ1n) is 5.03. The van der Waals surface area contributed by atoms with Crippen molar-refractivity contribution in [1.29, 1.82) is 0 Å². The van der Waals surface area contributed by atoms with Gasteiger partial charge in [-0.15, -0.1) is 0 Å². The molecule has 0 radical (unpaired) electrons. The van der Waals surface area contributed by atoms with Gasteiger partial charge in [-0.3, -0.25) is 0 Å². The topological polar surface area (TPSA) is 51.8 Å². The second-order valence-corrected chi connectivity index (χ2v) is 4.27. The molecule has 0 aliphatic carbocycles. The molecule has 4 nitrogen and oxygen atoms in total. The van der Waals surface area contributed by atoms with Gasteiger partial charge in [0, 0.05) is 5.56 Å². The molecule has 2 atom stereocenters. The van der Waals surface area contributed by atoms with Crippen LogP contribution >= 0.6 is 0 Å². The lowest BCUT2D eigenvalue weighted by atomic mass is 10.1. The summed E-state index contributed by atoms with van der Waals surface area (Å²) in [7, 11) is 0. The molecule has 1 aliphatic rings. The van der Waals surface area contributed by atoms with Crippen molar-refractivity contribution in [1.82, 2.24) is 0 Å². The molecule has 1 aromatic heterocycles. The van der Waals surface area contributed by atoms with Crippen LogP contribution in [0, 0.1) is 6.92 Å². The summed E-state index contributed by atoms with van der Waals surface area (Å²) in [5.41, 5.74) is 0.914. The summed E-state index contributed by atoms with van der Waals surface area (Å²) in [5, 5.41) is 9.20. The Hall–Kier alpha value is -0.840. The van der Waals surface area contributed by atoms with Crippen LogP contribution in [-0.2, 0) is 9.47 Å². The van der Waals surface area contributed by atoms with Gasteiger partial charge in [-0.2, -0.15) is 0 Å². The van der Waals surface area contributed by atoms with Gasteiger partial charge in [0.2, 0.25) is 0 Å². The molecule has 0 unspecified atom stereocenters. The van der Waals surface area contributed by atoms with Gasteiger partial charge in [0.1, 0.15) is 18.0 Å². The zero-order chi connectivity index (χ0) is 11.1. The van der Waals surface area contributed by atoms with Gasteiger partial charge in [0.15, 0.2) is 5.79 Å². The van der Waals surface area contributed by atoms with Crippen molar-refractivity contribution >= 4 is 0 Å². The first kappa shape index (κ1) is 10.7. The van der Waals surface area contributed by atoms with Gasteiger partial charge in [0.05, 0.1) is 12.9 Å². The predicted molar refractivity (Wildman–Crippen MR) is 53.3 cm³/mol. The van der Waals surface area contributed by atoms with E-state index in [-0.39, 0.29) is 18.8 Å². The van der Waals surface area contributed by atoms with Gasteiger partial charge in [-0.05, 0) is 26.8 Å². The van der Waals surface area contributed by atoms with Crippen LogP contribution in [0.3, 0.4) is 0 Å². The first-order chi connectivity index (χ1) is 7.02. The van der Waals surface area contributed by atoms with Crippen LogP contribution in [0.25, 0.3) is 0 Å². The number of hydrogen-bond donors (Lipinski definition) is 1. The van der Waals surface area contributed by atoms with Crippen LogP contribution in [0.15, 0.2) is 16.7 Å². The van der Waals surface area contributed by atoms with Crippen molar-refractivity contribution in [2.75, 3.05) is 6.61 Å². The average molecular weight is 212 g/mol. The summed E-state index contributed by atoms with van der Waals surface area (Å²) in [6, 6.07) is 1.90. The number of hydrogen-bond acceptors (Lipinski definition) is 4. The third kappa shape index (κ3) is 2.07. The molecule has 1 aliphatic heterocycles. The van der Waals surface area contributed by atoms with E-state index in [1.165, 1.54) is 0 Å². The van der Waals surface area contributed by atoms with Crippen molar-refractivity contribution < 1.29 is 19.0 Å². The molecule has 2 heterocycles. The average Bonchev–Trinajstić information content (AvgIpc) is 2.69. The number of aliphatic hydroxyl groups excluding tert-OH is 1. The highest BCUT2D eigenvalue weighted by Gasteiger charge is 2.42. The Kier molecular flexibility index (Phi) is 2.58. The van der Waals surface area contributed by atoms with Crippen LogP contribution in [0.1, 0.15) is 31.3 Å². The van der Waals surface area contributed by atoms with Crippen LogP contribution < -0.4 is 0 Å². The number of furan rings is 1. The Bertz CT molecular complexity index is 342. The minimum Gasteiger partial charge on any atom is -0.469 e. The summed E-state index contributed by atoms with van der Waals surface area (Å²) in [5.74, 6) is 0.179. The Labute approximate surface area is 88.8 Å². The number of rotatable bonds is 2. The molecular weight excluding hydrogens is 196 g/mol. The van der Waals surface area contributed by atoms with Gasteiger partial charge in [0.25, 0.3) is 0 Å². The Balaban J connectivity index is 2.21. The molecular formula is C11H16O4. The van der Waals surface area contributed by atoms with E-state index < -0.39 is 5.79 Å². The Morgan fingerprint density at radius 3 is 2.67 bits per heavy atom. The molecule has 0 amide bonds. The highest BCUT2D eigenvalue weighted by molar-refractivity contribution is 5.17. The summed E-state index contributed by atoms with van der Waals surface area (Å²) >= 11 is 0. The van der Waals surface area contributed by atoms with E-state index in [9.17, 15) is 5.11 Å². The second kappa shape index (κ2) is 3.63. The van der Waals surface area contributed by atoms with Crippen LogP contribution in [0.2, 0.25) is 0 Å². The Morgan fingerprint density at radius 2 is 2.13 bits per heavy atom. The van der Waals surface area contributed by atoms with Crippen LogP contribution in [-0.4, -0.2) is 23.6 Å². The third-order valence-electron chi connectivity index (χ3n) is 2.44. The molecule has 1 fully saturated rings. The van der Waals surface area contributed by atoms with Gasteiger partial charge < -0.3 is 19.0 Å². The van der Waals surface area contributed by atoms with E-state index in [4.69, 9.17) is 13.9 Å². The van der Waals surface area contributed by atoms with E-state index in [0.29, 0.717) is 0 Å². The maximum Gasteiger partial charge on any atom is 0.164 e. The molecule has 1 aromatic rings. The van der Waals surface area contributed by atoms with Gasteiger partial charge in [-0.25, -0.2) is 0 Å². The molecule has 0 aromatic carbocycles. The van der Waals surface area contributed by atoms with Crippen molar-refractivity contribution in [3.05, 3.63) is 23.7 Å². The zero-order valence-corrected chi connectivity index (χ0v) is 9.19. The smallest absolute Gasteiger partial charge is 0.164 e. The van der Waals surface area contributed by atoms with Crippen molar-refractivity contribution in [3.63, 3.8) is 0 Å². The van der Waals surface area contributed by atoms with E-state index >= 15 is 0 Å². The SMILES string of the molecule is Cc1cc([C@H]2OC(C)(C)O[C@@H]2CO)co1. The quantitative estimate of drug-likeness (QED) is 0.811. The van der Waals surface area contributed by atoms with Crippen LogP contribution in [0.4, 0.5) is 0 Å². The fraction of sp³-hybridized carbons (Fsp3) is 0.636. The predicted octanol–water partition coefficient (Wildman–Crippen LogP) is 1.77. The molecule has 4 heteroatoms. The Morgan fingerprint density at radius 1 is 1.40 bits per heavy atom. The second-order valence-electron chi connectivity index (χ2n) is 4.27. The summed E-state index contributed by atoms with van der Waals surface area (Å²) in [6.45, 7) is 5.49. The van der Waals surface area contributed by atoms with E-state index in [1.54, 1.807) is 6.26 Å². The molecule has 1 N–H and O–H groups in total. The molecule has 15 heavy (non-hydrogen) atoms. The molecule has 1 saturated heterocycles. The lowest BCUT2D eigenvalue weighted by molar-refractivity contribution is -0.149. The van der Waals surface area contributed by atoms with Crippen molar-refractivity contribution in [2.45, 2.75) is 38.8 Å². The van der Waals surface area contributed by atoms with E-state index in [1.807, 2.05) is 26.8 Å². The van der Waals surface area contributed by atoms with Crippen LogP contribution in [0.5, 0.6) is 0 Å². The summed E-state index contributed by atoms with van der Waals surface area (Å²) in [4.78, 5) is 0. The fourth-order valence-electron chi connectivity index (χ4n) is 1.86. The first-order valence-corrected chi connectivity index (χ1v) is 5.03. The molecule has 0 bridgehead atoms.